The van der Waals surface area contributed by atoms with E-state index in [1.54, 1.807) is 12.1 Å². The van der Waals surface area contributed by atoms with Crippen LogP contribution in [0.3, 0.4) is 0 Å². The van der Waals surface area contributed by atoms with Gasteiger partial charge in [0.15, 0.2) is 0 Å². The van der Waals surface area contributed by atoms with E-state index in [9.17, 15) is 24.8 Å². The second kappa shape index (κ2) is 8.18. The summed E-state index contributed by atoms with van der Waals surface area (Å²) in [7, 11) is 0. The molecule has 0 bridgehead atoms. The first-order valence-corrected chi connectivity index (χ1v) is 9.54. The van der Waals surface area contributed by atoms with Crippen LogP contribution in [0.2, 0.25) is 0 Å². The number of hydrogen-bond donors (Lipinski definition) is 4. The third-order valence-corrected chi connectivity index (χ3v) is 5.46. The highest BCUT2D eigenvalue weighted by Crippen LogP contribution is 2.35. The van der Waals surface area contributed by atoms with Gasteiger partial charge >= 0.3 is 0 Å². The van der Waals surface area contributed by atoms with Gasteiger partial charge in [-0.2, -0.15) is 0 Å². The van der Waals surface area contributed by atoms with Crippen molar-refractivity contribution in [1.29, 1.82) is 0 Å². The fourth-order valence-electron chi connectivity index (χ4n) is 3.90. The minimum absolute atomic E-state index is 0.0851. The van der Waals surface area contributed by atoms with Crippen molar-refractivity contribution >= 4 is 0 Å². The molecule has 0 aromatic heterocycles. The lowest BCUT2D eigenvalue weighted by Crippen LogP contribution is -2.55. The number of hydrogen-bond acceptors (Lipinski definition) is 5. The Morgan fingerprint density at radius 3 is 2.14 bits per heavy atom. The number of rotatable bonds is 4. The monoisotopic (exact) mass is 398 g/mol. The summed E-state index contributed by atoms with van der Waals surface area (Å²) in [6.45, 7) is -0.555. The summed E-state index contributed by atoms with van der Waals surface area (Å²) in [5.74, 6) is -0.585. The second-order valence-corrected chi connectivity index (χ2v) is 7.47. The lowest BCUT2D eigenvalue weighted by molar-refractivity contribution is -0.232. The molecule has 0 radical (unpaired) electrons. The lowest BCUT2D eigenvalue weighted by Gasteiger charge is -2.40. The maximum absolute atomic E-state index is 14.5. The third kappa shape index (κ3) is 3.90. The molecule has 3 aliphatic rings. The smallest absolute Gasteiger partial charge is 0.129 e. The number of benzene rings is 1. The van der Waals surface area contributed by atoms with E-state index in [4.69, 9.17) is 4.74 Å². The summed E-state index contributed by atoms with van der Waals surface area (Å²) in [5, 5.41) is 39.6. The number of fused-ring (bicyclic) bond motifs is 1. The highest BCUT2D eigenvalue weighted by Gasteiger charge is 2.44. The predicted molar refractivity (Wildman–Crippen MR) is 105 cm³/mol. The Balaban J connectivity index is 1.63. The summed E-state index contributed by atoms with van der Waals surface area (Å²) in [5.41, 5.74) is 4.19. The SMILES string of the molecule is OC[C@H]1OC(c2cc(Cc3cc4cccccc-4c3)ccc2F)[C@H](O)[C@@H](O)[C@@H]1O. The fourth-order valence-corrected chi connectivity index (χ4v) is 3.90. The predicted octanol–water partition coefficient (Wildman–Crippen LogP) is 2.04. The molecular formula is C23H23FO5. The molecular weight excluding hydrogens is 375 g/mol. The Morgan fingerprint density at radius 1 is 0.793 bits per heavy atom. The number of aliphatic hydroxyl groups is 4. The van der Waals surface area contributed by atoms with E-state index in [2.05, 4.69) is 12.1 Å². The molecule has 6 heteroatoms. The molecule has 1 aromatic rings. The number of aliphatic hydroxyl groups excluding tert-OH is 4. The highest BCUT2D eigenvalue weighted by atomic mass is 19.1. The van der Waals surface area contributed by atoms with Crippen molar-refractivity contribution in [3.63, 3.8) is 0 Å². The van der Waals surface area contributed by atoms with Gasteiger partial charge in [0.2, 0.25) is 0 Å². The first-order chi connectivity index (χ1) is 14.0. The van der Waals surface area contributed by atoms with Gasteiger partial charge < -0.3 is 25.2 Å². The zero-order valence-corrected chi connectivity index (χ0v) is 15.6. The molecule has 1 fully saturated rings. The first-order valence-electron chi connectivity index (χ1n) is 9.54. The normalized spacial score (nSPS) is 27.3. The van der Waals surface area contributed by atoms with Gasteiger partial charge in [0.1, 0.15) is 36.3 Å². The molecule has 5 nitrogen and oxygen atoms in total. The summed E-state index contributed by atoms with van der Waals surface area (Å²) in [6.07, 6.45) is -6.25. The highest BCUT2D eigenvalue weighted by molar-refractivity contribution is 5.68. The topological polar surface area (TPSA) is 90.2 Å². The maximum Gasteiger partial charge on any atom is 0.129 e. The molecule has 1 aromatic carbocycles. The summed E-state index contributed by atoms with van der Waals surface area (Å²) in [6, 6.07) is 18.7. The van der Waals surface area contributed by atoms with Crippen molar-refractivity contribution in [2.75, 3.05) is 6.61 Å². The van der Waals surface area contributed by atoms with E-state index >= 15 is 0 Å². The molecule has 1 heterocycles. The van der Waals surface area contributed by atoms with Crippen molar-refractivity contribution < 1.29 is 29.6 Å². The molecule has 0 saturated carbocycles. The second-order valence-electron chi connectivity index (χ2n) is 7.47. The van der Waals surface area contributed by atoms with Crippen LogP contribution in [-0.2, 0) is 11.2 Å². The van der Waals surface area contributed by atoms with E-state index in [0.29, 0.717) is 6.42 Å². The minimum atomic E-state index is -1.55. The molecule has 1 unspecified atom stereocenters. The first kappa shape index (κ1) is 19.9. The van der Waals surface area contributed by atoms with Crippen LogP contribution >= 0.6 is 0 Å². The van der Waals surface area contributed by atoms with Crippen molar-refractivity contribution in [1.82, 2.24) is 0 Å². The van der Waals surface area contributed by atoms with Crippen molar-refractivity contribution in [3.8, 4) is 11.1 Å². The van der Waals surface area contributed by atoms with E-state index in [1.807, 2.05) is 30.3 Å². The molecule has 1 aliphatic heterocycles. The Morgan fingerprint density at radius 2 is 1.48 bits per heavy atom. The quantitative estimate of drug-likeness (QED) is 0.540. The van der Waals surface area contributed by atoms with Gasteiger partial charge in [-0.05, 0) is 40.8 Å². The molecule has 2 aliphatic carbocycles. The van der Waals surface area contributed by atoms with Gasteiger partial charge in [-0.1, -0.05) is 48.5 Å². The van der Waals surface area contributed by atoms with E-state index in [1.165, 1.54) is 6.07 Å². The Hall–Kier alpha value is -2.35. The largest absolute Gasteiger partial charge is 0.394 e. The zero-order valence-electron chi connectivity index (χ0n) is 15.6. The summed E-state index contributed by atoms with van der Waals surface area (Å²) >= 11 is 0. The van der Waals surface area contributed by atoms with Crippen molar-refractivity contribution in [3.05, 3.63) is 83.2 Å². The van der Waals surface area contributed by atoms with Gasteiger partial charge in [0, 0.05) is 5.56 Å². The average molecular weight is 398 g/mol. The van der Waals surface area contributed by atoms with Gasteiger partial charge in [-0.25, -0.2) is 4.39 Å². The molecule has 0 amide bonds. The molecule has 0 spiro atoms. The number of ether oxygens (including phenoxy) is 1. The van der Waals surface area contributed by atoms with Crippen LogP contribution in [0.25, 0.3) is 11.1 Å². The van der Waals surface area contributed by atoms with Crippen LogP contribution in [0, 0.1) is 5.82 Å². The van der Waals surface area contributed by atoms with Crippen LogP contribution in [0.5, 0.6) is 0 Å². The van der Waals surface area contributed by atoms with Crippen molar-refractivity contribution in [2.24, 2.45) is 0 Å². The van der Waals surface area contributed by atoms with Crippen LogP contribution in [0.1, 0.15) is 22.8 Å². The maximum atomic E-state index is 14.5. The Labute approximate surface area is 168 Å². The van der Waals surface area contributed by atoms with Gasteiger partial charge in [-0.15, -0.1) is 0 Å². The van der Waals surface area contributed by atoms with Gasteiger partial charge in [-0.3, -0.25) is 0 Å². The van der Waals surface area contributed by atoms with Crippen LogP contribution in [0.4, 0.5) is 4.39 Å². The van der Waals surface area contributed by atoms with Gasteiger partial charge in [0.05, 0.1) is 6.61 Å². The molecule has 1 saturated heterocycles. The van der Waals surface area contributed by atoms with E-state index in [-0.39, 0.29) is 5.56 Å². The van der Waals surface area contributed by atoms with Crippen LogP contribution < -0.4 is 0 Å². The van der Waals surface area contributed by atoms with Crippen LogP contribution in [-0.4, -0.2) is 51.4 Å². The fraction of sp³-hybridized carbons (Fsp3) is 0.304. The van der Waals surface area contributed by atoms with E-state index < -0.39 is 42.9 Å². The molecule has 4 N–H and O–H groups in total. The zero-order chi connectivity index (χ0) is 20.5. The van der Waals surface area contributed by atoms with Gasteiger partial charge in [0.25, 0.3) is 0 Å². The Bertz CT molecular complexity index is 929. The van der Waals surface area contributed by atoms with Crippen molar-refractivity contribution in [2.45, 2.75) is 36.9 Å². The molecule has 4 rings (SSSR count). The summed E-state index contributed by atoms with van der Waals surface area (Å²) in [4.78, 5) is 0. The molecule has 29 heavy (non-hydrogen) atoms. The Kier molecular flexibility index (Phi) is 5.63. The third-order valence-electron chi connectivity index (χ3n) is 5.46. The molecule has 152 valence electrons. The lowest BCUT2D eigenvalue weighted by atomic mass is 9.90. The number of halogens is 1. The summed E-state index contributed by atoms with van der Waals surface area (Å²) < 4.78 is 20.0. The standard InChI is InChI=1S/C23H23FO5/c24-18-7-6-13(8-14-9-15-4-2-1-3-5-16(15)10-14)11-17(18)23-22(28)21(27)20(26)19(12-25)29-23/h1-7,9-11,19-23,25-28H,8,12H2/t19-,20-,21+,22-,23?/m1/s1. The minimum Gasteiger partial charge on any atom is -0.394 e. The van der Waals surface area contributed by atoms with Crippen LogP contribution in [0.15, 0.2) is 60.7 Å². The van der Waals surface area contributed by atoms with E-state index in [0.717, 1.165) is 22.3 Å². The average Bonchev–Trinajstić information content (AvgIpc) is 2.96. The molecule has 5 atom stereocenters.